The molecule has 1 aromatic rings. The molecule has 0 radical (unpaired) electrons. The third-order valence-electron chi connectivity index (χ3n) is 2.18. The molecule has 0 spiro atoms. The fourth-order valence-corrected chi connectivity index (χ4v) is 1.28. The van der Waals surface area contributed by atoms with Crippen LogP contribution in [-0.2, 0) is 9.62 Å². The van der Waals surface area contributed by atoms with Crippen LogP contribution in [0.1, 0.15) is 30.1 Å². The average molecular weight is 254 g/mol. The molecular weight excluding hydrogens is 236 g/mol. The van der Waals surface area contributed by atoms with Gasteiger partial charge in [0.25, 0.3) is 0 Å². The number of carbonyl (C=O) groups is 1. The number of hydrogen-bond donors (Lipinski definition) is 1. The van der Waals surface area contributed by atoms with Crippen LogP contribution in [-0.4, -0.2) is 31.0 Å². The van der Waals surface area contributed by atoms with E-state index in [0.29, 0.717) is 18.6 Å². The standard InChI is InChI=1S/C13H18O5/c1-2-8-16-12-6-4-11(5-7-12)13(14)17-9-3-10-18-15/h4-7,15H,2-3,8-10H2,1H3. The van der Waals surface area contributed by atoms with Crippen LogP contribution in [0.2, 0.25) is 0 Å². The van der Waals surface area contributed by atoms with Crippen LogP contribution in [0.5, 0.6) is 5.75 Å². The Kier molecular flexibility index (Phi) is 6.83. The maximum atomic E-state index is 11.6. The fourth-order valence-electron chi connectivity index (χ4n) is 1.28. The van der Waals surface area contributed by atoms with Gasteiger partial charge in [-0.1, -0.05) is 6.92 Å². The molecule has 0 atom stereocenters. The van der Waals surface area contributed by atoms with Gasteiger partial charge in [0.15, 0.2) is 0 Å². The lowest BCUT2D eigenvalue weighted by Gasteiger charge is -2.06. The summed E-state index contributed by atoms with van der Waals surface area (Å²) >= 11 is 0. The molecule has 18 heavy (non-hydrogen) atoms. The summed E-state index contributed by atoms with van der Waals surface area (Å²) in [5.41, 5.74) is 0.476. The number of benzene rings is 1. The molecule has 0 aromatic heterocycles. The number of hydrogen-bond acceptors (Lipinski definition) is 5. The maximum absolute atomic E-state index is 11.6. The van der Waals surface area contributed by atoms with Crippen molar-refractivity contribution in [3.8, 4) is 5.75 Å². The second-order valence-electron chi connectivity index (χ2n) is 3.70. The van der Waals surface area contributed by atoms with Crippen molar-refractivity contribution < 1.29 is 24.4 Å². The van der Waals surface area contributed by atoms with Gasteiger partial charge in [-0.15, -0.1) is 0 Å². The molecule has 0 aliphatic heterocycles. The van der Waals surface area contributed by atoms with Gasteiger partial charge in [0.1, 0.15) is 5.75 Å². The largest absolute Gasteiger partial charge is 0.494 e. The smallest absolute Gasteiger partial charge is 0.338 e. The van der Waals surface area contributed by atoms with Crippen LogP contribution in [0.3, 0.4) is 0 Å². The second-order valence-corrected chi connectivity index (χ2v) is 3.70. The van der Waals surface area contributed by atoms with Gasteiger partial charge in [0.2, 0.25) is 0 Å². The Labute approximate surface area is 106 Å². The van der Waals surface area contributed by atoms with E-state index in [2.05, 4.69) is 4.89 Å². The summed E-state index contributed by atoms with van der Waals surface area (Å²) in [6.07, 6.45) is 1.40. The molecule has 0 saturated heterocycles. The van der Waals surface area contributed by atoms with E-state index >= 15 is 0 Å². The molecule has 0 amide bonds. The molecule has 0 aliphatic rings. The van der Waals surface area contributed by atoms with Crippen molar-refractivity contribution in [1.29, 1.82) is 0 Å². The number of ether oxygens (including phenoxy) is 2. The minimum absolute atomic E-state index is 0.150. The summed E-state index contributed by atoms with van der Waals surface area (Å²) in [5, 5.41) is 8.10. The van der Waals surface area contributed by atoms with E-state index in [1.807, 2.05) is 6.92 Å². The van der Waals surface area contributed by atoms with Crippen molar-refractivity contribution in [2.75, 3.05) is 19.8 Å². The summed E-state index contributed by atoms with van der Waals surface area (Å²) in [5.74, 6) is 0.345. The van der Waals surface area contributed by atoms with Crippen molar-refractivity contribution in [3.05, 3.63) is 29.8 Å². The molecule has 0 aliphatic carbocycles. The average Bonchev–Trinajstić information content (AvgIpc) is 2.41. The number of esters is 1. The third kappa shape index (κ3) is 5.16. The van der Waals surface area contributed by atoms with E-state index in [9.17, 15) is 4.79 Å². The fraction of sp³-hybridized carbons (Fsp3) is 0.462. The lowest BCUT2D eigenvalue weighted by molar-refractivity contribution is -0.243. The van der Waals surface area contributed by atoms with Crippen molar-refractivity contribution in [2.24, 2.45) is 0 Å². The van der Waals surface area contributed by atoms with Crippen molar-refractivity contribution >= 4 is 5.97 Å². The van der Waals surface area contributed by atoms with E-state index in [1.165, 1.54) is 0 Å². The van der Waals surface area contributed by atoms with Crippen molar-refractivity contribution in [2.45, 2.75) is 19.8 Å². The van der Waals surface area contributed by atoms with Gasteiger partial charge < -0.3 is 9.47 Å². The molecule has 0 unspecified atom stereocenters. The van der Waals surface area contributed by atoms with E-state index in [0.717, 1.165) is 12.2 Å². The normalized spacial score (nSPS) is 10.1. The van der Waals surface area contributed by atoms with Crippen LogP contribution < -0.4 is 4.74 Å². The van der Waals surface area contributed by atoms with E-state index in [-0.39, 0.29) is 13.2 Å². The van der Waals surface area contributed by atoms with Gasteiger partial charge in [-0.25, -0.2) is 9.68 Å². The first kappa shape index (κ1) is 14.5. The zero-order valence-electron chi connectivity index (χ0n) is 10.4. The minimum atomic E-state index is -0.394. The van der Waals surface area contributed by atoms with Crippen molar-refractivity contribution in [1.82, 2.24) is 0 Å². The first-order chi connectivity index (χ1) is 8.77. The van der Waals surface area contributed by atoms with Gasteiger partial charge in [-0.3, -0.25) is 5.26 Å². The Morgan fingerprint density at radius 2 is 1.89 bits per heavy atom. The predicted octanol–water partition coefficient (Wildman–Crippen LogP) is 2.51. The minimum Gasteiger partial charge on any atom is -0.494 e. The van der Waals surface area contributed by atoms with Gasteiger partial charge in [0, 0.05) is 6.42 Å². The highest BCUT2D eigenvalue weighted by molar-refractivity contribution is 5.89. The topological polar surface area (TPSA) is 65.0 Å². The molecule has 0 fully saturated rings. The maximum Gasteiger partial charge on any atom is 0.338 e. The first-order valence-corrected chi connectivity index (χ1v) is 5.94. The van der Waals surface area contributed by atoms with Crippen LogP contribution in [0.15, 0.2) is 24.3 Å². The summed E-state index contributed by atoms with van der Waals surface area (Å²) in [4.78, 5) is 15.4. The Morgan fingerprint density at radius 3 is 2.50 bits per heavy atom. The molecule has 100 valence electrons. The molecule has 5 heteroatoms. The summed E-state index contributed by atoms with van der Waals surface area (Å²) in [6, 6.07) is 6.80. The Balaban J connectivity index is 2.38. The number of rotatable bonds is 8. The SMILES string of the molecule is CCCOc1ccc(C(=O)OCCCOO)cc1. The Bertz CT molecular complexity index is 347. The van der Waals surface area contributed by atoms with Gasteiger partial charge >= 0.3 is 5.97 Å². The van der Waals surface area contributed by atoms with Gasteiger partial charge in [-0.2, -0.15) is 0 Å². The summed E-state index contributed by atoms with van der Waals surface area (Å²) in [6.45, 7) is 3.05. The van der Waals surface area contributed by atoms with Crippen LogP contribution in [0.25, 0.3) is 0 Å². The zero-order valence-corrected chi connectivity index (χ0v) is 10.4. The van der Waals surface area contributed by atoms with E-state index in [1.54, 1.807) is 24.3 Å². The van der Waals surface area contributed by atoms with Crippen LogP contribution >= 0.6 is 0 Å². The van der Waals surface area contributed by atoms with Crippen LogP contribution in [0.4, 0.5) is 0 Å². The highest BCUT2D eigenvalue weighted by atomic mass is 17.1. The first-order valence-electron chi connectivity index (χ1n) is 5.94. The highest BCUT2D eigenvalue weighted by Crippen LogP contribution is 2.13. The quantitative estimate of drug-likeness (QED) is 0.334. The molecular formula is C13H18O5. The predicted molar refractivity (Wildman–Crippen MR) is 65.7 cm³/mol. The number of carbonyl (C=O) groups excluding carboxylic acids is 1. The molecule has 0 bridgehead atoms. The third-order valence-corrected chi connectivity index (χ3v) is 2.18. The van der Waals surface area contributed by atoms with E-state index < -0.39 is 5.97 Å². The van der Waals surface area contributed by atoms with E-state index in [4.69, 9.17) is 14.7 Å². The Morgan fingerprint density at radius 1 is 1.17 bits per heavy atom. The Hall–Kier alpha value is -1.59. The monoisotopic (exact) mass is 254 g/mol. The van der Waals surface area contributed by atoms with Crippen molar-refractivity contribution in [3.63, 3.8) is 0 Å². The highest BCUT2D eigenvalue weighted by Gasteiger charge is 2.06. The lowest BCUT2D eigenvalue weighted by Crippen LogP contribution is -2.08. The zero-order chi connectivity index (χ0) is 13.2. The molecule has 0 saturated carbocycles. The molecule has 0 heterocycles. The van der Waals surface area contributed by atoms with Gasteiger partial charge in [0.05, 0.1) is 25.4 Å². The second kappa shape index (κ2) is 8.49. The van der Waals surface area contributed by atoms with Gasteiger partial charge in [-0.05, 0) is 30.7 Å². The molecule has 1 N–H and O–H groups in total. The molecule has 1 aromatic carbocycles. The molecule has 1 rings (SSSR count). The lowest BCUT2D eigenvalue weighted by atomic mass is 10.2. The summed E-state index contributed by atoms with van der Waals surface area (Å²) in [7, 11) is 0. The molecule has 5 nitrogen and oxygen atoms in total. The van der Waals surface area contributed by atoms with Crippen LogP contribution in [0, 0.1) is 0 Å². The summed E-state index contributed by atoms with van der Waals surface area (Å²) < 4.78 is 10.4.